The summed E-state index contributed by atoms with van der Waals surface area (Å²) in [6.45, 7) is 0. The first-order chi connectivity index (χ1) is 9.18. The van der Waals surface area contributed by atoms with Crippen molar-refractivity contribution in [2.45, 2.75) is 0 Å². The summed E-state index contributed by atoms with van der Waals surface area (Å²) in [5.74, 6) is -0.138. The molecule has 0 N–H and O–H groups in total. The van der Waals surface area contributed by atoms with E-state index in [-0.39, 0.29) is 11.5 Å². The van der Waals surface area contributed by atoms with Crippen molar-refractivity contribution in [1.82, 2.24) is 0 Å². The molecule has 0 amide bonds. The van der Waals surface area contributed by atoms with Crippen LogP contribution in [-0.4, -0.2) is 17.1 Å². The van der Waals surface area contributed by atoms with Crippen LogP contribution in [0.25, 0.3) is 0 Å². The molecule has 0 heterocycles. The molecular formula is C14H12ClNO3. The van der Waals surface area contributed by atoms with Crippen LogP contribution in [-0.2, 0) is 0 Å². The Balaban J connectivity index is 0.000000861. The highest BCUT2D eigenvalue weighted by Gasteiger charge is 2.10. The zero-order valence-electron chi connectivity index (χ0n) is 10.2. The number of nitro benzene ring substituents is 1. The topological polar surface area (TPSA) is 60.2 Å². The standard InChI is InChI=1S/C13H9NO3.CH3Cl/c15-13(10-4-2-1-3-5-10)11-6-8-12(9-7-11)14(16)17;1-2/h1-9H;1H3. The monoisotopic (exact) mass is 277 g/mol. The van der Waals surface area contributed by atoms with Crippen molar-refractivity contribution in [1.29, 1.82) is 0 Å². The molecule has 0 atom stereocenters. The van der Waals surface area contributed by atoms with Gasteiger partial charge in [-0.25, -0.2) is 0 Å². The quantitative estimate of drug-likeness (QED) is 0.372. The molecule has 0 spiro atoms. The first-order valence-electron chi connectivity index (χ1n) is 5.40. The van der Waals surface area contributed by atoms with Crippen LogP contribution in [0.3, 0.4) is 0 Å². The molecule has 0 aliphatic carbocycles. The van der Waals surface area contributed by atoms with E-state index >= 15 is 0 Å². The van der Waals surface area contributed by atoms with Gasteiger partial charge in [0.1, 0.15) is 0 Å². The molecule has 0 radical (unpaired) electrons. The van der Waals surface area contributed by atoms with Crippen LogP contribution in [0, 0.1) is 10.1 Å². The Morgan fingerprint density at radius 1 is 0.947 bits per heavy atom. The molecule has 2 rings (SSSR count). The van der Waals surface area contributed by atoms with E-state index in [1.807, 2.05) is 6.07 Å². The Bertz CT molecular complexity index is 553. The summed E-state index contributed by atoms with van der Waals surface area (Å²) in [5, 5.41) is 10.5. The maximum atomic E-state index is 12.0. The van der Waals surface area contributed by atoms with E-state index in [0.717, 1.165) is 0 Å². The number of carbonyl (C=O) groups is 1. The number of nitro groups is 1. The first-order valence-corrected chi connectivity index (χ1v) is 6.16. The predicted molar refractivity (Wildman–Crippen MR) is 74.7 cm³/mol. The van der Waals surface area contributed by atoms with Gasteiger partial charge in [-0.2, -0.15) is 0 Å². The molecule has 2 aromatic rings. The Kier molecular flexibility index (Phi) is 5.70. The molecule has 98 valence electrons. The molecule has 19 heavy (non-hydrogen) atoms. The summed E-state index contributed by atoms with van der Waals surface area (Å²) < 4.78 is 0. The third-order valence-electron chi connectivity index (χ3n) is 2.38. The van der Waals surface area contributed by atoms with E-state index in [1.54, 1.807) is 24.3 Å². The zero-order chi connectivity index (χ0) is 14.3. The molecule has 2 aromatic carbocycles. The van der Waals surface area contributed by atoms with Gasteiger partial charge in [0.15, 0.2) is 5.78 Å². The lowest BCUT2D eigenvalue weighted by Gasteiger charge is -2.00. The molecule has 0 aromatic heterocycles. The van der Waals surface area contributed by atoms with E-state index in [4.69, 9.17) is 0 Å². The molecule has 0 aliphatic rings. The van der Waals surface area contributed by atoms with E-state index in [0.29, 0.717) is 11.1 Å². The average molecular weight is 278 g/mol. The van der Waals surface area contributed by atoms with Crippen molar-refractivity contribution in [3.05, 3.63) is 75.8 Å². The van der Waals surface area contributed by atoms with Crippen LogP contribution < -0.4 is 0 Å². The number of ketones is 1. The second-order valence-electron chi connectivity index (χ2n) is 3.50. The lowest BCUT2D eigenvalue weighted by molar-refractivity contribution is -0.384. The summed E-state index contributed by atoms with van der Waals surface area (Å²) in [5.41, 5.74) is 0.998. The molecule has 4 nitrogen and oxygen atoms in total. The van der Waals surface area contributed by atoms with Gasteiger partial charge in [0, 0.05) is 29.6 Å². The molecular weight excluding hydrogens is 266 g/mol. The van der Waals surface area contributed by atoms with E-state index in [2.05, 4.69) is 11.6 Å². The SMILES string of the molecule is CCl.O=C(c1ccccc1)c1ccc([N+](=O)[O-])cc1. The Morgan fingerprint density at radius 2 is 1.42 bits per heavy atom. The van der Waals surface area contributed by atoms with Gasteiger partial charge in [-0.05, 0) is 12.1 Å². The average Bonchev–Trinajstić information content (AvgIpc) is 2.49. The summed E-state index contributed by atoms with van der Waals surface area (Å²) in [7, 11) is 0. The minimum atomic E-state index is -0.489. The number of halogens is 1. The van der Waals surface area contributed by atoms with Crippen LogP contribution in [0.4, 0.5) is 5.69 Å². The van der Waals surface area contributed by atoms with Gasteiger partial charge in [0.25, 0.3) is 5.69 Å². The molecule has 0 unspecified atom stereocenters. The fourth-order valence-corrected chi connectivity index (χ4v) is 1.49. The molecule has 5 heteroatoms. The Hall–Kier alpha value is -2.20. The van der Waals surface area contributed by atoms with Crippen LogP contribution in [0.1, 0.15) is 15.9 Å². The number of benzene rings is 2. The minimum absolute atomic E-state index is 0.0189. The molecule has 0 bridgehead atoms. The summed E-state index contributed by atoms with van der Waals surface area (Å²) in [6, 6.07) is 14.4. The number of alkyl halides is 1. The normalized spacial score (nSPS) is 9.16. The second-order valence-corrected chi connectivity index (χ2v) is 3.50. The summed E-state index contributed by atoms with van der Waals surface area (Å²) in [6.07, 6.45) is 1.47. The van der Waals surface area contributed by atoms with E-state index in [9.17, 15) is 14.9 Å². The molecule has 0 fully saturated rings. The van der Waals surface area contributed by atoms with Crippen LogP contribution in [0.2, 0.25) is 0 Å². The highest BCUT2D eigenvalue weighted by atomic mass is 35.5. The summed E-state index contributed by atoms with van der Waals surface area (Å²) in [4.78, 5) is 21.9. The number of non-ortho nitro benzene ring substituents is 1. The fraction of sp³-hybridized carbons (Fsp3) is 0.0714. The largest absolute Gasteiger partial charge is 0.289 e. The van der Waals surface area contributed by atoms with Crippen molar-refractivity contribution in [3.63, 3.8) is 0 Å². The van der Waals surface area contributed by atoms with Crippen molar-refractivity contribution in [2.24, 2.45) is 0 Å². The van der Waals surface area contributed by atoms with Gasteiger partial charge >= 0.3 is 0 Å². The summed E-state index contributed by atoms with van der Waals surface area (Å²) >= 11 is 4.64. The Labute approximate surface area is 115 Å². The van der Waals surface area contributed by atoms with Crippen LogP contribution in [0.5, 0.6) is 0 Å². The lowest BCUT2D eigenvalue weighted by Crippen LogP contribution is -2.00. The maximum Gasteiger partial charge on any atom is 0.269 e. The maximum absolute atomic E-state index is 12.0. The van der Waals surface area contributed by atoms with Gasteiger partial charge < -0.3 is 0 Å². The smallest absolute Gasteiger partial charge is 0.269 e. The highest BCUT2D eigenvalue weighted by Crippen LogP contribution is 2.15. The molecule has 0 aliphatic heterocycles. The second kappa shape index (κ2) is 7.28. The fourth-order valence-electron chi connectivity index (χ4n) is 1.49. The van der Waals surface area contributed by atoms with Crippen molar-refractivity contribution in [3.8, 4) is 0 Å². The van der Waals surface area contributed by atoms with Gasteiger partial charge in [-0.1, -0.05) is 30.3 Å². The first kappa shape index (κ1) is 14.9. The lowest BCUT2D eigenvalue weighted by atomic mass is 10.0. The van der Waals surface area contributed by atoms with E-state index in [1.165, 1.54) is 30.6 Å². The third-order valence-corrected chi connectivity index (χ3v) is 2.38. The third kappa shape index (κ3) is 3.89. The van der Waals surface area contributed by atoms with Crippen molar-refractivity contribution in [2.75, 3.05) is 6.38 Å². The van der Waals surface area contributed by atoms with Gasteiger partial charge in [-0.3, -0.25) is 14.9 Å². The molecule has 0 saturated heterocycles. The Morgan fingerprint density at radius 3 is 1.89 bits per heavy atom. The van der Waals surface area contributed by atoms with Crippen LogP contribution >= 0.6 is 11.6 Å². The number of hydrogen-bond donors (Lipinski definition) is 0. The van der Waals surface area contributed by atoms with Crippen LogP contribution in [0.15, 0.2) is 54.6 Å². The van der Waals surface area contributed by atoms with Gasteiger partial charge in [-0.15, -0.1) is 11.6 Å². The van der Waals surface area contributed by atoms with Gasteiger partial charge in [0.2, 0.25) is 0 Å². The van der Waals surface area contributed by atoms with E-state index < -0.39 is 4.92 Å². The molecule has 0 saturated carbocycles. The number of hydrogen-bond acceptors (Lipinski definition) is 3. The number of nitrogens with zero attached hydrogens (tertiary/aromatic N) is 1. The van der Waals surface area contributed by atoms with Gasteiger partial charge in [0.05, 0.1) is 4.92 Å². The number of rotatable bonds is 3. The highest BCUT2D eigenvalue weighted by molar-refractivity contribution is 6.15. The predicted octanol–water partition coefficient (Wildman–Crippen LogP) is 3.68. The number of carbonyl (C=O) groups excluding carboxylic acids is 1. The zero-order valence-corrected chi connectivity index (χ0v) is 11.0. The van der Waals surface area contributed by atoms with Crippen molar-refractivity contribution >= 4 is 23.1 Å². The minimum Gasteiger partial charge on any atom is -0.289 e. The van der Waals surface area contributed by atoms with Crippen molar-refractivity contribution < 1.29 is 9.72 Å².